The summed E-state index contributed by atoms with van der Waals surface area (Å²) in [6.07, 6.45) is 0.795. The average Bonchev–Trinajstić information content (AvgIpc) is 2.44. The van der Waals surface area contributed by atoms with Crippen molar-refractivity contribution in [2.75, 3.05) is 7.05 Å². The van der Waals surface area contributed by atoms with Crippen LogP contribution >= 0.6 is 0 Å². The number of hydrogen-bond acceptors (Lipinski definition) is 3. The van der Waals surface area contributed by atoms with E-state index < -0.39 is 10.0 Å². The lowest BCUT2D eigenvalue weighted by Crippen LogP contribution is -2.35. The van der Waals surface area contributed by atoms with Gasteiger partial charge in [0, 0.05) is 25.7 Å². The molecule has 4 nitrogen and oxygen atoms in total. The smallest absolute Gasteiger partial charge is 0.243 e. The quantitative estimate of drug-likeness (QED) is 0.842. The Kier molecular flexibility index (Phi) is 6.38. The largest absolute Gasteiger partial charge is 0.310 e. The third kappa shape index (κ3) is 4.53. The van der Waals surface area contributed by atoms with E-state index in [9.17, 15) is 8.42 Å². The van der Waals surface area contributed by atoms with Crippen molar-refractivity contribution in [3.63, 3.8) is 0 Å². The van der Waals surface area contributed by atoms with Gasteiger partial charge in [-0.1, -0.05) is 32.9 Å². The summed E-state index contributed by atoms with van der Waals surface area (Å²) in [6.45, 7) is 10.6. The Labute approximate surface area is 129 Å². The highest BCUT2D eigenvalue weighted by molar-refractivity contribution is 7.89. The normalized spacial score (nSPS) is 13.9. The van der Waals surface area contributed by atoms with Gasteiger partial charge in [0.25, 0.3) is 0 Å². The van der Waals surface area contributed by atoms with Crippen LogP contribution in [-0.4, -0.2) is 31.9 Å². The van der Waals surface area contributed by atoms with Crippen molar-refractivity contribution in [3.8, 4) is 0 Å². The predicted octanol–water partition coefficient (Wildman–Crippen LogP) is 2.91. The number of sulfonamides is 1. The number of aryl methyl sites for hydroxylation is 1. The highest BCUT2D eigenvalue weighted by Crippen LogP contribution is 2.22. The van der Waals surface area contributed by atoms with E-state index in [1.54, 1.807) is 13.1 Å². The first kappa shape index (κ1) is 18.1. The first-order chi connectivity index (χ1) is 9.70. The summed E-state index contributed by atoms with van der Waals surface area (Å²) in [5.41, 5.74) is 1.78. The molecular weight excluding hydrogens is 284 g/mol. The van der Waals surface area contributed by atoms with Crippen LogP contribution in [0.25, 0.3) is 0 Å². The van der Waals surface area contributed by atoms with Gasteiger partial charge in [-0.25, -0.2) is 8.42 Å². The van der Waals surface area contributed by atoms with E-state index in [-0.39, 0.29) is 6.04 Å². The molecule has 1 rings (SSSR count). The Hall–Kier alpha value is -0.910. The molecule has 0 aliphatic rings. The number of nitrogens with one attached hydrogen (secondary N) is 1. The lowest BCUT2D eigenvalue weighted by Gasteiger charge is -2.24. The molecule has 0 amide bonds. The van der Waals surface area contributed by atoms with Gasteiger partial charge in [-0.3, -0.25) is 0 Å². The lowest BCUT2D eigenvalue weighted by atomic mass is 10.1. The van der Waals surface area contributed by atoms with Crippen LogP contribution in [0.5, 0.6) is 0 Å². The Bertz CT molecular complexity index is 568. The van der Waals surface area contributed by atoms with Crippen molar-refractivity contribution < 1.29 is 8.42 Å². The molecule has 0 aliphatic carbocycles. The highest BCUT2D eigenvalue weighted by Gasteiger charge is 2.26. The molecule has 0 aromatic heterocycles. The van der Waals surface area contributed by atoms with Crippen LogP contribution in [0.15, 0.2) is 23.1 Å². The first-order valence-corrected chi connectivity index (χ1v) is 8.95. The summed E-state index contributed by atoms with van der Waals surface area (Å²) in [5, 5.41) is 3.31. The molecule has 1 atom stereocenters. The van der Waals surface area contributed by atoms with Crippen molar-refractivity contribution in [1.29, 1.82) is 0 Å². The minimum Gasteiger partial charge on any atom is -0.310 e. The Morgan fingerprint density at radius 1 is 1.24 bits per heavy atom. The van der Waals surface area contributed by atoms with E-state index in [1.165, 1.54) is 4.31 Å². The molecule has 0 aliphatic heterocycles. The summed E-state index contributed by atoms with van der Waals surface area (Å²) in [6, 6.07) is 6.02. The monoisotopic (exact) mass is 312 g/mol. The summed E-state index contributed by atoms with van der Waals surface area (Å²) < 4.78 is 27.0. The van der Waals surface area contributed by atoms with Gasteiger partial charge in [-0.15, -0.1) is 0 Å². The second-order valence-corrected chi connectivity index (χ2v) is 7.88. The molecule has 1 aromatic carbocycles. The highest BCUT2D eigenvalue weighted by atomic mass is 32.2. The molecule has 0 bridgehead atoms. The van der Waals surface area contributed by atoms with Gasteiger partial charge >= 0.3 is 0 Å². The van der Waals surface area contributed by atoms with E-state index >= 15 is 0 Å². The number of nitrogens with zero attached hydrogens (tertiary/aromatic N) is 1. The van der Waals surface area contributed by atoms with Gasteiger partial charge in [0.2, 0.25) is 10.0 Å². The van der Waals surface area contributed by atoms with Crippen molar-refractivity contribution in [3.05, 3.63) is 29.3 Å². The summed E-state index contributed by atoms with van der Waals surface area (Å²) in [4.78, 5) is 0.411. The zero-order valence-corrected chi connectivity index (χ0v) is 14.8. The molecule has 1 unspecified atom stereocenters. The average molecular weight is 312 g/mol. The van der Waals surface area contributed by atoms with Crippen molar-refractivity contribution in [2.24, 2.45) is 0 Å². The molecule has 0 saturated heterocycles. The van der Waals surface area contributed by atoms with Gasteiger partial charge in [-0.2, -0.15) is 4.31 Å². The van der Waals surface area contributed by atoms with Crippen molar-refractivity contribution >= 4 is 10.0 Å². The number of benzene rings is 1. The molecule has 0 saturated carbocycles. The molecule has 21 heavy (non-hydrogen) atoms. The fourth-order valence-corrected chi connectivity index (χ4v) is 3.71. The van der Waals surface area contributed by atoms with E-state index in [0.29, 0.717) is 17.5 Å². The third-order valence-electron chi connectivity index (χ3n) is 3.84. The van der Waals surface area contributed by atoms with Crippen LogP contribution in [0.1, 0.15) is 45.2 Å². The summed E-state index contributed by atoms with van der Waals surface area (Å²) in [5.74, 6) is 0. The molecule has 5 heteroatoms. The SMILES string of the molecule is CCC(C)N(C)S(=O)(=O)c1cc(CNC(C)C)ccc1C. The fraction of sp³-hybridized carbons (Fsp3) is 0.625. The predicted molar refractivity (Wildman–Crippen MR) is 87.9 cm³/mol. The Morgan fingerprint density at radius 2 is 1.86 bits per heavy atom. The van der Waals surface area contributed by atoms with E-state index in [4.69, 9.17) is 0 Å². The molecular formula is C16H28N2O2S. The summed E-state index contributed by atoms with van der Waals surface area (Å²) in [7, 11) is -1.78. The van der Waals surface area contributed by atoms with Gasteiger partial charge in [0.1, 0.15) is 0 Å². The van der Waals surface area contributed by atoms with Gasteiger partial charge in [-0.05, 0) is 37.5 Å². The molecule has 0 fully saturated rings. The Balaban J connectivity index is 3.13. The van der Waals surface area contributed by atoms with Crippen LogP contribution in [0.2, 0.25) is 0 Å². The zero-order valence-electron chi connectivity index (χ0n) is 14.0. The zero-order chi connectivity index (χ0) is 16.2. The van der Waals surface area contributed by atoms with Gasteiger partial charge < -0.3 is 5.32 Å². The maximum Gasteiger partial charge on any atom is 0.243 e. The molecule has 0 heterocycles. The topological polar surface area (TPSA) is 49.4 Å². The molecule has 1 N–H and O–H groups in total. The minimum absolute atomic E-state index is 0.00755. The van der Waals surface area contributed by atoms with E-state index in [1.807, 2.05) is 32.9 Å². The number of hydrogen-bond donors (Lipinski definition) is 1. The van der Waals surface area contributed by atoms with Gasteiger partial charge in [0.15, 0.2) is 0 Å². The van der Waals surface area contributed by atoms with Crippen LogP contribution < -0.4 is 5.32 Å². The number of rotatable bonds is 7. The maximum absolute atomic E-state index is 12.7. The maximum atomic E-state index is 12.7. The third-order valence-corrected chi connectivity index (χ3v) is 5.95. The van der Waals surface area contributed by atoms with Crippen LogP contribution in [0.4, 0.5) is 0 Å². The van der Waals surface area contributed by atoms with Crippen LogP contribution in [0.3, 0.4) is 0 Å². The minimum atomic E-state index is -3.44. The van der Waals surface area contributed by atoms with Crippen LogP contribution in [-0.2, 0) is 16.6 Å². The first-order valence-electron chi connectivity index (χ1n) is 7.51. The van der Waals surface area contributed by atoms with Crippen molar-refractivity contribution in [2.45, 2.75) is 64.6 Å². The lowest BCUT2D eigenvalue weighted by molar-refractivity contribution is 0.380. The molecule has 0 radical (unpaired) electrons. The fourth-order valence-electron chi connectivity index (χ4n) is 2.00. The van der Waals surface area contributed by atoms with Gasteiger partial charge in [0.05, 0.1) is 4.90 Å². The molecule has 120 valence electrons. The second kappa shape index (κ2) is 7.38. The van der Waals surface area contributed by atoms with Crippen LogP contribution in [0, 0.1) is 6.92 Å². The molecule has 0 spiro atoms. The Morgan fingerprint density at radius 3 is 2.38 bits per heavy atom. The standard InChI is InChI=1S/C16H28N2O2S/c1-7-14(5)18(6)21(19,20)16-10-15(9-8-13(16)4)11-17-12(2)3/h8-10,12,14,17H,7,11H2,1-6H3. The van der Waals surface area contributed by atoms with E-state index in [2.05, 4.69) is 19.2 Å². The van der Waals surface area contributed by atoms with E-state index in [0.717, 1.165) is 17.5 Å². The molecule has 1 aromatic rings. The van der Waals surface area contributed by atoms with Crippen molar-refractivity contribution in [1.82, 2.24) is 9.62 Å². The summed E-state index contributed by atoms with van der Waals surface area (Å²) >= 11 is 0. The second-order valence-electron chi connectivity index (χ2n) is 5.91.